The zero-order valence-corrected chi connectivity index (χ0v) is 7.79. The van der Waals surface area contributed by atoms with Gasteiger partial charge in [-0.15, -0.1) is 0 Å². The Morgan fingerprint density at radius 2 is 2.20 bits per heavy atom. The van der Waals surface area contributed by atoms with E-state index in [1.165, 1.54) is 0 Å². The summed E-state index contributed by atoms with van der Waals surface area (Å²) < 4.78 is 1.82. The van der Waals surface area contributed by atoms with Gasteiger partial charge in [-0.3, -0.25) is 9.20 Å². The average Bonchev–Trinajstić information content (AvgIpc) is 2.72. The van der Waals surface area contributed by atoms with Crippen LogP contribution in [0.25, 0.3) is 16.7 Å². The first-order valence-electron chi connectivity index (χ1n) is 4.56. The molecule has 4 nitrogen and oxygen atoms in total. The Balaban J connectivity index is 2.52. The molecule has 0 aliphatic rings. The van der Waals surface area contributed by atoms with Crippen LogP contribution in [-0.2, 0) is 0 Å². The first kappa shape index (κ1) is 8.11. The average molecular weight is 197 g/mol. The molecule has 0 amide bonds. The normalized spacial score (nSPS) is 10.9. The van der Waals surface area contributed by atoms with Crippen molar-refractivity contribution in [3.05, 3.63) is 42.4 Å². The number of aromatic nitrogens is 3. The number of nitrogens with zero attached hydrogens (tertiary/aromatic N) is 3. The molecule has 0 bridgehead atoms. The van der Waals surface area contributed by atoms with Gasteiger partial charge in [-0.05, 0) is 24.3 Å². The smallest absolute Gasteiger partial charge is 0.170 e. The van der Waals surface area contributed by atoms with Crippen LogP contribution in [0.15, 0.2) is 36.7 Å². The molecule has 3 rings (SSSR count). The van der Waals surface area contributed by atoms with E-state index >= 15 is 0 Å². The van der Waals surface area contributed by atoms with Crippen molar-refractivity contribution < 1.29 is 4.79 Å². The van der Waals surface area contributed by atoms with Crippen molar-refractivity contribution >= 4 is 23.0 Å². The molecule has 3 heterocycles. The second-order valence-corrected chi connectivity index (χ2v) is 3.26. The van der Waals surface area contributed by atoms with Crippen LogP contribution >= 0.6 is 0 Å². The van der Waals surface area contributed by atoms with Crippen LogP contribution in [0.2, 0.25) is 0 Å². The van der Waals surface area contributed by atoms with Gasteiger partial charge >= 0.3 is 0 Å². The molecule has 3 aromatic heterocycles. The van der Waals surface area contributed by atoms with Gasteiger partial charge in [0, 0.05) is 17.8 Å². The molecule has 0 unspecified atom stereocenters. The minimum Gasteiger partial charge on any atom is -0.296 e. The van der Waals surface area contributed by atoms with Crippen LogP contribution in [0.1, 0.15) is 10.5 Å². The third-order valence-electron chi connectivity index (χ3n) is 2.33. The second kappa shape index (κ2) is 2.88. The molecule has 0 atom stereocenters. The van der Waals surface area contributed by atoms with Gasteiger partial charge in [0.2, 0.25) is 0 Å². The van der Waals surface area contributed by atoms with Crippen molar-refractivity contribution in [3.63, 3.8) is 0 Å². The van der Waals surface area contributed by atoms with Crippen LogP contribution in [0.5, 0.6) is 0 Å². The highest BCUT2D eigenvalue weighted by atomic mass is 16.1. The molecule has 0 aliphatic heterocycles. The Kier molecular flexibility index (Phi) is 1.56. The minimum absolute atomic E-state index is 0.424. The number of hydrogen-bond donors (Lipinski definition) is 0. The maximum absolute atomic E-state index is 10.6. The molecule has 0 saturated carbocycles. The molecule has 15 heavy (non-hydrogen) atoms. The van der Waals surface area contributed by atoms with Gasteiger partial charge in [0.15, 0.2) is 6.29 Å². The predicted octanol–water partition coefficient (Wildman–Crippen LogP) is 1.69. The van der Waals surface area contributed by atoms with Crippen LogP contribution in [0.4, 0.5) is 0 Å². The lowest BCUT2D eigenvalue weighted by atomic mass is 10.3. The molecule has 0 fully saturated rings. The fourth-order valence-corrected chi connectivity index (χ4v) is 1.66. The number of imidazole rings is 1. The predicted molar refractivity (Wildman–Crippen MR) is 55.9 cm³/mol. The van der Waals surface area contributed by atoms with E-state index in [9.17, 15) is 4.79 Å². The van der Waals surface area contributed by atoms with Crippen LogP contribution < -0.4 is 0 Å². The van der Waals surface area contributed by atoms with Gasteiger partial charge in [0.25, 0.3) is 0 Å². The maximum Gasteiger partial charge on any atom is 0.170 e. The van der Waals surface area contributed by atoms with Gasteiger partial charge in [-0.25, -0.2) is 9.97 Å². The zero-order chi connectivity index (χ0) is 10.3. The monoisotopic (exact) mass is 197 g/mol. The minimum atomic E-state index is 0.424. The van der Waals surface area contributed by atoms with Gasteiger partial charge < -0.3 is 0 Å². The van der Waals surface area contributed by atoms with Crippen molar-refractivity contribution in [2.75, 3.05) is 0 Å². The lowest BCUT2D eigenvalue weighted by Gasteiger charge is -1.98. The summed E-state index contributed by atoms with van der Waals surface area (Å²) in [6, 6.07) is 7.67. The third kappa shape index (κ3) is 1.11. The number of hydrogen-bond acceptors (Lipinski definition) is 3. The molecule has 4 heteroatoms. The highest BCUT2D eigenvalue weighted by molar-refractivity contribution is 5.80. The van der Waals surface area contributed by atoms with Crippen LogP contribution in [0, 0.1) is 0 Å². The highest BCUT2D eigenvalue weighted by Crippen LogP contribution is 2.14. The number of rotatable bonds is 1. The van der Waals surface area contributed by atoms with Gasteiger partial charge in [-0.2, -0.15) is 0 Å². The first-order chi connectivity index (χ1) is 7.38. The van der Waals surface area contributed by atoms with Crippen molar-refractivity contribution in [3.8, 4) is 0 Å². The first-order valence-corrected chi connectivity index (χ1v) is 4.56. The molecular weight excluding hydrogens is 190 g/mol. The second-order valence-electron chi connectivity index (χ2n) is 3.26. The molecule has 0 aliphatic carbocycles. The van der Waals surface area contributed by atoms with Crippen LogP contribution in [0.3, 0.4) is 0 Å². The summed E-state index contributed by atoms with van der Waals surface area (Å²) in [7, 11) is 0. The van der Waals surface area contributed by atoms with Crippen LogP contribution in [-0.4, -0.2) is 20.7 Å². The Hall–Kier alpha value is -2.23. The summed E-state index contributed by atoms with van der Waals surface area (Å²) >= 11 is 0. The SMILES string of the molecule is O=Cc1cn2c(ccc3cccnc32)n1. The van der Waals surface area contributed by atoms with E-state index in [1.807, 2.05) is 28.7 Å². The van der Waals surface area contributed by atoms with Gasteiger partial charge in [0.1, 0.15) is 17.0 Å². The summed E-state index contributed by atoms with van der Waals surface area (Å²) in [6.45, 7) is 0. The lowest BCUT2D eigenvalue weighted by molar-refractivity contribution is 0.111. The van der Waals surface area contributed by atoms with E-state index in [4.69, 9.17) is 0 Å². The largest absolute Gasteiger partial charge is 0.296 e. The number of fused-ring (bicyclic) bond motifs is 3. The summed E-state index contributed by atoms with van der Waals surface area (Å²) in [5.41, 5.74) is 1.98. The van der Waals surface area contributed by atoms with Crippen molar-refractivity contribution in [1.29, 1.82) is 0 Å². The van der Waals surface area contributed by atoms with E-state index in [1.54, 1.807) is 12.4 Å². The van der Waals surface area contributed by atoms with E-state index in [0.29, 0.717) is 5.69 Å². The maximum atomic E-state index is 10.6. The number of carbonyl (C=O) groups excluding carboxylic acids is 1. The lowest BCUT2D eigenvalue weighted by Crippen LogP contribution is -1.88. The number of carbonyl (C=O) groups is 1. The van der Waals surface area contributed by atoms with Crippen molar-refractivity contribution in [2.24, 2.45) is 0 Å². The Labute approximate surface area is 85.2 Å². The highest BCUT2D eigenvalue weighted by Gasteiger charge is 2.03. The van der Waals surface area contributed by atoms with E-state index in [-0.39, 0.29) is 0 Å². The molecule has 72 valence electrons. The van der Waals surface area contributed by atoms with Gasteiger partial charge in [0.05, 0.1) is 0 Å². The van der Waals surface area contributed by atoms with Crippen molar-refractivity contribution in [2.45, 2.75) is 0 Å². The fraction of sp³-hybridized carbons (Fsp3) is 0. The number of pyridine rings is 2. The zero-order valence-electron chi connectivity index (χ0n) is 7.79. The molecule has 0 radical (unpaired) electrons. The standard InChI is InChI=1S/C11H7N3O/c15-7-9-6-14-10(13-9)4-3-8-2-1-5-12-11(8)14/h1-7H. The van der Waals surface area contributed by atoms with E-state index in [0.717, 1.165) is 23.0 Å². The summed E-state index contributed by atoms with van der Waals surface area (Å²) in [5.74, 6) is 0. The molecule has 0 aromatic carbocycles. The molecule has 0 N–H and O–H groups in total. The quantitative estimate of drug-likeness (QED) is 0.558. The van der Waals surface area contributed by atoms with E-state index < -0.39 is 0 Å². The molecular formula is C11H7N3O. The summed E-state index contributed by atoms with van der Waals surface area (Å²) in [6.07, 6.45) is 4.15. The van der Waals surface area contributed by atoms with Crippen molar-refractivity contribution in [1.82, 2.24) is 14.4 Å². The third-order valence-corrected chi connectivity index (χ3v) is 2.33. The number of aldehydes is 1. The summed E-state index contributed by atoms with van der Waals surface area (Å²) in [5, 5.41) is 1.03. The topological polar surface area (TPSA) is 47.3 Å². The Morgan fingerprint density at radius 3 is 3.07 bits per heavy atom. The van der Waals surface area contributed by atoms with Gasteiger partial charge in [-0.1, -0.05) is 0 Å². The Morgan fingerprint density at radius 1 is 1.27 bits per heavy atom. The Bertz CT molecular complexity index is 657. The fourth-order valence-electron chi connectivity index (χ4n) is 1.66. The molecule has 0 spiro atoms. The van der Waals surface area contributed by atoms with E-state index in [2.05, 4.69) is 9.97 Å². The summed E-state index contributed by atoms with van der Waals surface area (Å²) in [4.78, 5) is 19.0. The molecule has 3 aromatic rings. The molecule has 0 saturated heterocycles.